The van der Waals surface area contributed by atoms with Crippen LogP contribution in [-0.4, -0.2) is 24.4 Å². The summed E-state index contributed by atoms with van der Waals surface area (Å²) in [7, 11) is -3.79. The molecule has 1 heterocycles. The Morgan fingerprint density at radius 3 is 2.78 bits per heavy atom. The van der Waals surface area contributed by atoms with Crippen LogP contribution in [0.5, 0.6) is 0 Å². The van der Waals surface area contributed by atoms with Gasteiger partial charge in [-0.15, -0.1) is 0 Å². The van der Waals surface area contributed by atoms with Crippen LogP contribution in [-0.2, 0) is 10.0 Å². The molecule has 1 aromatic carbocycles. The molecule has 0 unspecified atom stereocenters. The number of carbonyl (C=O) groups excluding carboxylic acids is 1. The van der Waals surface area contributed by atoms with Gasteiger partial charge in [-0.25, -0.2) is 4.98 Å². The van der Waals surface area contributed by atoms with E-state index in [1.807, 2.05) is 0 Å². The molecule has 0 aliphatic carbocycles. The summed E-state index contributed by atoms with van der Waals surface area (Å²) in [5.41, 5.74) is 0.0195. The van der Waals surface area contributed by atoms with Crippen LogP contribution in [0.25, 0.3) is 0 Å². The Hall–Kier alpha value is -2.35. The number of hydrogen-bond donors (Lipinski definition) is 2. The van der Waals surface area contributed by atoms with Crippen LogP contribution in [0.2, 0.25) is 0 Å². The minimum absolute atomic E-state index is 0.110. The summed E-state index contributed by atoms with van der Waals surface area (Å²) in [6.45, 7) is 0. The Labute approximate surface area is 103 Å². The highest BCUT2D eigenvalue weighted by molar-refractivity contribution is 7.92. The summed E-state index contributed by atoms with van der Waals surface area (Å²) in [5, 5.41) is 10.5. The minimum atomic E-state index is -3.79. The molecule has 0 saturated heterocycles. The zero-order valence-corrected chi connectivity index (χ0v) is 9.77. The Kier molecular flexibility index (Phi) is 3.02. The van der Waals surface area contributed by atoms with Gasteiger partial charge in [0.25, 0.3) is 10.0 Å². The number of H-pyrrole nitrogens is 1. The van der Waals surface area contributed by atoms with E-state index >= 15 is 0 Å². The average molecular weight is 266 g/mol. The van der Waals surface area contributed by atoms with Gasteiger partial charge in [-0.2, -0.15) is 8.42 Å². The van der Waals surface area contributed by atoms with E-state index in [2.05, 4.69) is 14.7 Å². The van der Waals surface area contributed by atoms with Gasteiger partial charge in [-0.05, 0) is 17.7 Å². The predicted octanol–water partition coefficient (Wildman–Crippen LogP) is -0.426. The smallest absolute Gasteiger partial charge is 0.278 e. The molecule has 0 aliphatic rings. The maximum absolute atomic E-state index is 11.8. The van der Waals surface area contributed by atoms with Gasteiger partial charge in [0.15, 0.2) is 5.03 Å². The number of nitrogens with one attached hydrogen (secondary N) is 2. The Balaban J connectivity index is 2.30. The highest BCUT2D eigenvalue weighted by atomic mass is 32.2. The largest absolute Gasteiger partial charge is 0.545 e. The predicted molar refractivity (Wildman–Crippen MR) is 60.2 cm³/mol. The van der Waals surface area contributed by atoms with Gasteiger partial charge in [0.2, 0.25) is 0 Å². The first kappa shape index (κ1) is 12.1. The third-order valence-corrected chi connectivity index (χ3v) is 3.42. The molecule has 0 spiro atoms. The van der Waals surface area contributed by atoms with Gasteiger partial charge in [-0.3, -0.25) is 4.72 Å². The third kappa shape index (κ3) is 2.48. The van der Waals surface area contributed by atoms with Crippen molar-refractivity contribution in [2.45, 2.75) is 5.03 Å². The molecule has 8 heteroatoms. The van der Waals surface area contributed by atoms with Crippen LogP contribution in [0, 0.1) is 0 Å². The second-order valence-electron chi connectivity index (χ2n) is 3.39. The molecule has 18 heavy (non-hydrogen) atoms. The standard InChI is InChI=1S/C10H9N3O4S/c14-10(15)7-2-1-3-8(4-7)13-18(16,17)9-5-11-6-12-9/h1-6,13H,(H,11,12)(H,14,15)/p-1. The Morgan fingerprint density at radius 2 is 2.17 bits per heavy atom. The van der Waals surface area contributed by atoms with Crippen LogP contribution in [0.1, 0.15) is 10.4 Å². The first-order chi connectivity index (χ1) is 8.49. The van der Waals surface area contributed by atoms with E-state index in [9.17, 15) is 18.3 Å². The monoisotopic (exact) mass is 266 g/mol. The van der Waals surface area contributed by atoms with Crippen molar-refractivity contribution in [3.63, 3.8) is 0 Å². The molecule has 2 rings (SSSR count). The van der Waals surface area contributed by atoms with E-state index in [0.29, 0.717) is 0 Å². The molecule has 0 aliphatic heterocycles. The Bertz CT molecular complexity index is 664. The molecule has 0 bridgehead atoms. The number of hydrogen-bond acceptors (Lipinski definition) is 5. The van der Waals surface area contributed by atoms with E-state index in [1.54, 1.807) is 0 Å². The first-order valence-corrected chi connectivity index (χ1v) is 6.30. The molecule has 2 aromatic rings. The van der Waals surface area contributed by atoms with Crippen molar-refractivity contribution in [1.82, 2.24) is 9.97 Å². The Morgan fingerprint density at radius 1 is 1.39 bits per heavy atom. The van der Waals surface area contributed by atoms with Gasteiger partial charge < -0.3 is 14.9 Å². The second-order valence-corrected chi connectivity index (χ2v) is 5.04. The van der Waals surface area contributed by atoms with E-state index < -0.39 is 16.0 Å². The molecular weight excluding hydrogens is 258 g/mol. The van der Waals surface area contributed by atoms with E-state index in [0.717, 1.165) is 6.20 Å². The normalized spacial score (nSPS) is 11.1. The highest BCUT2D eigenvalue weighted by Crippen LogP contribution is 2.15. The fraction of sp³-hybridized carbons (Fsp3) is 0. The molecule has 0 radical (unpaired) electrons. The molecule has 0 saturated carbocycles. The van der Waals surface area contributed by atoms with Gasteiger partial charge >= 0.3 is 0 Å². The summed E-state index contributed by atoms with van der Waals surface area (Å²) >= 11 is 0. The molecule has 1 aromatic heterocycles. The van der Waals surface area contributed by atoms with Crippen molar-refractivity contribution < 1.29 is 18.3 Å². The van der Waals surface area contributed by atoms with Crippen molar-refractivity contribution in [3.05, 3.63) is 42.4 Å². The van der Waals surface area contributed by atoms with Crippen LogP contribution in [0.3, 0.4) is 0 Å². The lowest BCUT2D eigenvalue weighted by molar-refractivity contribution is -0.255. The molecule has 2 N–H and O–H groups in total. The number of aromatic nitrogens is 2. The summed E-state index contributed by atoms with van der Waals surface area (Å²) in [6.07, 6.45) is 2.37. The maximum Gasteiger partial charge on any atom is 0.278 e. The number of aromatic carboxylic acids is 1. The van der Waals surface area contributed by atoms with Crippen molar-refractivity contribution in [1.29, 1.82) is 0 Å². The topological polar surface area (TPSA) is 115 Å². The SMILES string of the molecule is O=C([O-])c1cccc(NS(=O)(=O)c2cnc[nH]2)c1. The summed E-state index contributed by atoms with van der Waals surface area (Å²) in [4.78, 5) is 16.7. The van der Waals surface area contributed by atoms with E-state index in [-0.39, 0.29) is 16.3 Å². The van der Waals surface area contributed by atoms with Crippen molar-refractivity contribution in [3.8, 4) is 0 Å². The summed E-state index contributed by atoms with van der Waals surface area (Å²) in [6, 6.07) is 5.32. The number of carbonyl (C=O) groups is 1. The lowest BCUT2D eigenvalue weighted by Gasteiger charge is -2.08. The zero-order chi connectivity index (χ0) is 13.2. The van der Waals surface area contributed by atoms with E-state index in [1.165, 1.54) is 30.6 Å². The van der Waals surface area contributed by atoms with Gasteiger partial charge in [0.05, 0.1) is 18.5 Å². The second kappa shape index (κ2) is 4.49. The number of rotatable bonds is 4. The number of aromatic amines is 1. The van der Waals surface area contributed by atoms with E-state index in [4.69, 9.17) is 0 Å². The first-order valence-electron chi connectivity index (χ1n) is 4.81. The lowest BCUT2D eigenvalue weighted by Crippen LogP contribution is -2.22. The number of anilines is 1. The molecule has 0 atom stereocenters. The van der Waals surface area contributed by atoms with Gasteiger partial charge in [-0.1, -0.05) is 12.1 Å². The number of benzene rings is 1. The van der Waals surface area contributed by atoms with Crippen LogP contribution in [0.15, 0.2) is 41.8 Å². The molecule has 0 amide bonds. The number of carboxylic acids is 1. The number of carboxylic acid groups (broad SMARTS) is 1. The summed E-state index contributed by atoms with van der Waals surface area (Å²) < 4.78 is 25.8. The van der Waals surface area contributed by atoms with Crippen LogP contribution >= 0.6 is 0 Å². The fourth-order valence-electron chi connectivity index (χ4n) is 1.31. The lowest BCUT2D eigenvalue weighted by atomic mass is 10.2. The molecule has 94 valence electrons. The quantitative estimate of drug-likeness (QED) is 0.779. The zero-order valence-electron chi connectivity index (χ0n) is 8.95. The van der Waals surface area contributed by atoms with Crippen molar-refractivity contribution in [2.75, 3.05) is 4.72 Å². The maximum atomic E-state index is 11.8. The van der Waals surface area contributed by atoms with Crippen molar-refractivity contribution in [2.24, 2.45) is 0 Å². The minimum Gasteiger partial charge on any atom is -0.545 e. The highest BCUT2D eigenvalue weighted by Gasteiger charge is 2.15. The number of imidazole rings is 1. The number of sulfonamides is 1. The molecular formula is C10H8N3O4S-. The average Bonchev–Trinajstić information content (AvgIpc) is 2.82. The molecule has 0 fully saturated rings. The van der Waals surface area contributed by atoms with Crippen LogP contribution < -0.4 is 9.83 Å². The number of nitrogens with zero attached hydrogens (tertiary/aromatic N) is 1. The third-order valence-electron chi connectivity index (χ3n) is 2.11. The van der Waals surface area contributed by atoms with Gasteiger partial charge in [0.1, 0.15) is 0 Å². The van der Waals surface area contributed by atoms with Crippen LogP contribution in [0.4, 0.5) is 5.69 Å². The summed E-state index contributed by atoms with van der Waals surface area (Å²) in [5.74, 6) is -1.38. The van der Waals surface area contributed by atoms with Gasteiger partial charge in [0, 0.05) is 5.69 Å². The van der Waals surface area contributed by atoms with Crippen molar-refractivity contribution >= 4 is 21.7 Å². The fourth-order valence-corrected chi connectivity index (χ4v) is 2.26. The molecule has 7 nitrogen and oxygen atoms in total.